The first-order valence-electron chi connectivity index (χ1n) is 10.2. The maximum absolute atomic E-state index is 12.6. The van der Waals surface area contributed by atoms with Crippen molar-refractivity contribution < 1.29 is 4.79 Å². The molecular weight excluding hydrogens is 348 g/mol. The van der Waals surface area contributed by atoms with Crippen molar-refractivity contribution in [2.75, 3.05) is 54.4 Å². The molecule has 0 spiro atoms. The first-order valence-corrected chi connectivity index (χ1v) is 10.2. The van der Waals surface area contributed by atoms with Gasteiger partial charge in [0.1, 0.15) is 0 Å². The van der Waals surface area contributed by atoms with E-state index in [0.717, 1.165) is 45.0 Å². The standard InChI is InChI=1S/C23H32N4O/c1-5-25(6-2)21-10-8-20(9-11-21)24-23(28)27-15-13-26(14-16-27)22-12-7-18(3)17-19(22)4/h7-12,17H,5-6,13-16H2,1-4H3,(H,24,28). The second-order valence-electron chi connectivity index (χ2n) is 7.41. The molecule has 2 aromatic rings. The van der Waals surface area contributed by atoms with Gasteiger partial charge in [-0.1, -0.05) is 17.7 Å². The van der Waals surface area contributed by atoms with Gasteiger partial charge in [-0.05, 0) is 63.6 Å². The van der Waals surface area contributed by atoms with Gasteiger partial charge < -0.3 is 20.0 Å². The Morgan fingerprint density at radius 1 is 0.964 bits per heavy atom. The van der Waals surface area contributed by atoms with Gasteiger partial charge in [0, 0.05) is 56.3 Å². The Labute approximate surface area is 168 Å². The van der Waals surface area contributed by atoms with E-state index < -0.39 is 0 Å². The summed E-state index contributed by atoms with van der Waals surface area (Å²) < 4.78 is 0. The van der Waals surface area contributed by atoms with E-state index >= 15 is 0 Å². The third kappa shape index (κ3) is 4.58. The lowest BCUT2D eigenvalue weighted by molar-refractivity contribution is 0.208. The predicted molar refractivity (Wildman–Crippen MR) is 119 cm³/mol. The SMILES string of the molecule is CCN(CC)c1ccc(NC(=O)N2CCN(c3ccc(C)cc3C)CC2)cc1. The Hall–Kier alpha value is -2.69. The highest BCUT2D eigenvalue weighted by atomic mass is 16.2. The second-order valence-corrected chi connectivity index (χ2v) is 7.41. The Morgan fingerprint density at radius 3 is 2.18 bits per heavy atom. The molecule has 1 fully saturated rings. The van der Waals surface area contributed by atoms with Gasteiger partial charge in [0.05, 0.1) is 0 Å². The summed E-state index contributed by atoms with van der Waals surface area (Å²) in [6, 6.07) is 14.7. The number of benzene rings is 2. The number of carbonyl (C=O) groups excluding carboxylic acids is 1. The van der Waals surface area contributed by atoms with Crippen LogP contribution in [0.4, 0.5) is 21.9 Å². The normalized spacial score (nSPS) is 14.1. The number of hydrogen-bond donors (Lipinski definition) is 1. The number of hydrogen-bond acceptors (Lipinski definition) is 3. The van der Waals surface area contributed by atoms with E-state index in [4.69, 9.17) is 0 Å². The fourth-order valence-electron chi connectivity index (χ4n) is 3.86. The molecule has 0 aromatic heterocycles. The Balaban J connectivity index is 1.55. The molecule has 0 radical (unpaired) electrons. The summed E-state index contributed by atoms with van der Waals surface area (Å²) in [5.74, 6) is 0. The highest BCUT2D eigenvalue weighted by Gasteiger charge is 2.22. The van der Waals surface area contributed by atoms with Crippen LogP contribution in [-0.2, 0) is 0 Å². The summed E-state index contributed by atoms with van der Waals surface area (Å²) in [5, 5.41) is 3.04. The number of nitrogens with one attached hydrogen (secondary N) is 1. The molecule has 1 aliphatic rings. The van der Waals surface area contributed by atoms with Crippen molar-refractivity contribution in [1.29, 1.82) is 0 Å². The van der Waals surface area contributed by atoms with Gasteiger partial charge in [-0.2, -0.15) is 0 Å². The van der Waals surface area contributed by atoms with Crippen LogP contribution in [0.5, 0.6) is 0 Å². The Bertz CT molecular complexity index is 791. The number of carbonyl (C=O) groups is 1. The van der Waals surface area contributed by atoms with E-state index in [1.165, 1.54) is 22.5 Å². The third-order valence-corrected chi connectivity index (χ3v) is 5.51. The smallest absolute Gasteiger partial charge is 0.321 e. The molecular formula is C23H32N4O. The highest BCUT2D eigenvalue weighted by Crippen LogP contribution is 2.23. The molecule has 2 amide bonds. The number of anilines is 3. The van der Waals surface area contributed by atoms with Crippen molar-refractivity contribution in [3.8, 4) is 0 Å². The van der Waals surface area contributed by atoms with Gasteiger partial charge in [0.15, 0.2) is 0 Å². The second kappa shape index (κ2) is 9.00. The fourth-order valence-corrected chi connectivity index (χ4v) is 3.86. The molecule has 0 bridgehead atoms. The zero-order valence-electron chi connectivity index (χ0n) is 17.5. The lowest BCUT2D eigenvalue weighted by Crippen LogP contribution is -2.50. The highest BCUT2D eigenvalue weighted by molar-refractivity contribution is 5.89. The monoisotopic (exact) mass is 380 g/mol. The van der Waals surface area contributed by atoms with E-state index in [9.17, 15) is 4.79 Å². The maximum Gasteiger partial charge on any atom is 0.321 e. The van der Waals surface area contributed by atoms with Crippen LogP contribution >= 0.6 is 0 Å². The van der Waals surface area contributed by atoms with Crippen molar-refractivity contribution >= 4 is 23.1 Å². The molecule has 1 aliphatic heterocycles. The molecule has 2 aromatic carbocycles. The van der Waals surface area contributed by atoms with Crippen LogP contribution in [0.15, 0.2) is 42.5 Å². The molecule has 28 heavy (non-hydrogen) atoms. The minimum absolute atomic E-state index is 0.0177. The minimum Gasteiger partial charge on any atom is -0.372 e. The zero-order chi connectivity index (χ0) is 20.1. The molecule has 0 atom stereocenters. The molecule has 150 valence electrons. The molecule has 0 aliphatic carbocycles. The van der Waals surface area contributed by atoms with Gasteiger partial charge >= 0.3 is 6.03 Å². The summed E-state index contributed by atoms with van der Waals surface area (Å²) in [5.41, 5.74) is 5.89. The molecule has 1 heterocycles. The van der Waals surface area contributed by atoms with E-state index in [1.54, 1.807) is 0 Å². The van der Waals surface area contributed by atoms with Gasteiger partial charge in [-0.15, -0.1) is 0 Å². The van der Waals surface area contributed by atoms with Gasteiger partial charge in [0.2, 0.25) is 0 Å². The van der Waals surface area contributed by atoms with Crippen molar-refractivity contribution in [3.05, 3.63) is 53.6 Å². The van der Waals surface area contributed by atoms with Crippen molar-refractivity contribution in [2.45, 2.75) is 27.7 Å². The summed E-state index contributed by atoms with van der Waals surface area (Å²) in [4.78, 5) is 19.2. The van der Waals surface area contributed by atoms with E-state index in [0.29, 0.717) is 0 Å². The first kappa shape index (κ1) is 20.1. The molecule has 3 rings (SSSR count). The molecule has 5 heteroatoms. The van der Waals surface area contributed by atoms with Crippen LogP contribution in [0, 0.1) is 13.8 Å². The molecule has 0 saturated carbocycles. The molecule has 1 N–H and O–H groups in total. The summed E-state index contributed by atoms with van der Waals surface area (Å²) in [6.45, 7) is 13.7. The van der Waals surface area contributed by atoms with Crippen LogP contribution in [0.3, 0.4) is 0 Å². The Morgan fingerprint density at radius 2 is 1.61 bits per heavy atom. The largest absolute Gasteiger partial charge is 0.372 e. The number of amides is 2. The van der Waals surface area contributed by atoms with Crippen molar-refractivity contribution in [2.24, 2.45) is 0 Å². The van der Waals surface area contributed by atoms with E-state index in [-0.39, 0.29) is 6.03 Å². The van der Waals surface area contributed by atoms with E-state index in [1.807, 2.05) is 17.0 Å². The quantitative estimate of drug-likeness (QED) is 0.830. The summed E-state index contributed by atoms with van der Waals surface area (Å²) >= 11 is 0. The maximum atomic E-state index is 12.6. The van der Waals surface area contributed by atoms with Gasteiger partial charge in [0.25, 0.3) is 0 Å². The lowest BCUT2D eigenvalue weighted by atomic mass is 10.1. The predicted octanol–water partition coefficient (Wildman–Crippen LogP) is 4.50. The van der Waals surface area contributed by atoms with Crippen LogP contribution < -0.4 is 15.1 Å². The molecule has 0 unspecified atom stereocenters. The van der Waals surface area contributed by atoms with Gasteiger partial charge in [-0.3, -0.25) is 0 Å². The first-order chi connectivity index (χ1) is 13.5. The van der Waals surface area contributed by atoms with Crippen molar-refractivity contribution in [1.82, 2.24) is 4.90 Å². The zero-order valence-corrected chi connectivity index (χ0v) is 17.5. The lowest BCUT2D eigenvalue weighted by Gasteiger charge is -2.36. The van der Waals surface area contributed by atoms with Crippen LogP contribution in [0.1, 0.15) is 25.0 Å². The number of nitrogens with zero attached hydrogens (tertiary/aromatic N) is 3. The summed E-state index contributed by atoms with van der Waals surface area (Å²) in [7, 11) is 0. The van der Waals surface area contributed by atoms with Crippen LogP contribution in [0.2, 0.25) is 0 Å². The third-order valence-electron chi connectivity index (χ3n) is 5.51. The number of urea groups is 1. The average Bonchev–Trinajstić information content (AvgIpc) is 2.70. The topological polar surface area (TPSA) is 38.8 Å². The van der Waals surface area contributed by atoms with E-state index in [2.05, 4.69) is 73.1 Å². The average molecular weight is 381 g/mol. The summed E-state index contributed by atoms with van der Waals surface area (Å²) in [6.07, 6.45) is 0. The molecule has 1 saturated heterocycles. The van der Waals surface area contributed by atoms with Crippen LogP contribution in [0.25, 0.3) is 0 Å². The minimum atomic E-state index is -0.0177. The van der Waals surface area contributed by atoms with Crippen molar-refractivity contribution in [3.63, 3.8) is 0 Å². The number of rotatable bonds is 5. The van der Waals surface area contributed by atoms with Gasteiger partial charge in [-0.25, -0.2) is 4.79 Å². The number of aryl methyl sites for hydroxylation is 2. The molecule has 5 nitrogen and oxygen atoms in total. The fraction of sp³-hybridized carbons (Fsp3) is 0.435. The Kier molecular flexibility index (Phi) is 6.45. The number of piperazine rings is 1. The van der Waals surface area contributed by atoms with Crippen LogP contribution in [-0.4, -0.2) is 50.2 Å².